The fourth-order valence-electron chi connectivity index (χ4n) is 3.83. The number of rotatable bonds is 9. The van der Waals surface area contributed by atoms with Gasteiger partial charge in [-0.25, -0.2) is 0 Å². The van der Waals surface area contributed by atoms with Gasteiger partial charge >= 0.3 is 0 Å². The third-order valence-corrected chi connectivity index (χ3v) is 7.29. The van der Waals surface area contributed by atoms with E-state index in [0.717, 1.165) is 32.8 Å². The van der Waals surface area contributed by atoms with Crippen molar-refractivity contribution in [2.24, 2.45) is 0 Å². The first-order valence-electron chi connectivity index (χ1n) is 12.8. The Hall–Kier alpha value is -4.62. The molecule has 0 heterocycles. The summed E-state index contributed by atoms with van der Waals surface area (Å²) in [4.78, 5) is 39.4. The van der Waals surface area contributed by atoms with Crippen LogP contribution in [0.4, 0.5) is 11.4 Å². The lowest BCUT2D eigenvalue weighted by Crippen LogP contribution is -2.30. The van der Waals surface area contributed by atoms with Gasteiger partial charge in [-0.15, -0.1) is 11.8 Å². The van der Waals surface area contributed by atoms with Gasteiger partial charge in [-0.3, -0.25) is 14.4 Å². The summed E-state index contributed by atoms with van der Waals surface area (Å²) in [5, 5.41) is 8.57. The van der Waals surface area contributed by atoms with Crippen LogP contribution in [0.1, 0.15) is 32.6 Å². The summed E-state index contributed by atoms with van der Waals surface area (Å²) in [7, 11) is 0. The zero-order valence-corrected chi connectivity index (χ0v) is 23.5. The van der Waals surface area contributed by atoms with Gasteiger partial charge in [0.15, 0.2) is 0 Å². The first-order valence-corrected chi connectivity index (χ1v) is 13.8. The Morgan fingerprint density at radius 3 is 2.15 bits per heavy atom. The molecule has 3 amide bonds. The van der Waals surface area contributed by atoms with Crippen LogP contribution in [0.2, 0.25) is 0 Å². The highest BCUT2D eigenvalue weighted by Gasteiger charge is 2.15. The number of thioether (sulfide) groups is 1. The number of hydrogen-bond donors (Lipinski definition) is 3. The van der Waals surface area contributed by atoms with Crippen molar-refractivity contribution >= 4 is 46.9 Å². The van der Waals surface area contributed by atoms with Gasteiger partial charge in [0.25, 0.3) is 11.8 Å². The molecule has 0 fully saturated rings. The maximum absolute atomic E-state index is 13.2. The molecule has 4 aromatic carbocycles. The van der Waals surface area contributed by atoms with Crippen molar-refractivity contribution in [3.8, 4) is 0 Å². The smallest absolute Gasteiger partial charge is 0.272 e. The summed E-state index contributed by atoms with van der Waals surface area (Å²) < 4.78 is 0. The lowest BCUT2D eigenvalue weighted by molar-refractivity contribution is -0.114. The molecule has 0 saturated carbocycles. The number of anilines is 2. The average molecular weight is 550 g/mol. The molecule has 0 saturated heterocycles. The Balaban J connectivity index is 1.40. The summed E-state index contributed by atoms with van der Waals surface area (Å²) >= 11 is 1.41. The molecule has 202 valence electrons. The zero-order chi connectivity index (χ0) is 28.5. The highest BCUT2D eigenvalue weighted by Crippen LogP contribution is 2.23. The molecular formula is C33H31N3O3S. The number of amides is 3. The quantitative estimate of drug-likeness (QED) is 0.159. The van der Waals surface area contributed by atoms with Gasteiger partial charge in [-0.2, -0.15) is 0 Å². The zero-order valence-electron chi connectivity index (χ0n) is 22.7. The number of benzene rings is 4. The van der Waals surface area contributed by atoms with Crippen LogP contribution in [-0.2, 0) is 9.59 Å². The van der Waals surface area contributed by atoms with E-state index in [0.29, 0.717) is 11.3 Å². The van der Waals surface area contributed by atoms with E-state index in [2.05, 4.69) is 16.0 Å². The van der Waals surface area contributed by atoms with Crippen LogP contribution in [-0.4, -0.2) is 23.5 Å². The van der Waals surface area contributed by atoms with Gasteiger partial charge in [-0.1, -0.05) is 60.2 Å². The van der Waals surface area contributed by atoms with Crippen LogP contribution in [0.25, 0.3) is 6.08 Å². The minimum absolute atomic E-state index is 0.0869. The van der Waals surface area contributed by atoms with E-state index in [-0.39, 0.29) is 23.3 Å². The van der Waals surface area contributed by atoms with E-state index in [1.807, 2.05) is 81.4 Å². The second-order valence-electron chi connectivity index (χ2n) is 9.35. The summed E-state index contributed by atoms with van der Waals surface area (Å²) in [6, 6.07) is 29.5. The Morgan fingerprint density at radius 1 is 0.750 bits per heavy atom. The van der Waals surface area contributed by atoms with Crippen LogP contribution in [0, 0.1) is 20.8 Å². The third-order valence-electron chi connectivity index (χ3n) is 6.28. The molecule has 0 unspecified atom stereocenters. The molecule has 0 atom stereocenters. The molecule has 0 aliphatic rings. The summed E-state index contributed by atoms with van der Waals surface area (Å²) in [5.41, 5.74) is 6.02. The van der Waals surface area contributed by atoms with Crippen LogP contribution >= 0.6 is 11.8 Å². The molecule has 6 nitrogen and oxygen atoms in total. The number of nitrogens with one attached hydrogen (secondary N) is 3. The molecule has 4 rings (SSSR count). The lowest BCUT2D eigenvalue weighted by Gasteiger charge is -2.12. The molecular weight excluding hydrogens is 518 g/mol. The molecule has 7 heteroatoms. The predicted molar refractivity (Wildman–Crippen MR) is 163 cm³/mol. The topological polar surface area (TPSA) is 87.3 Å². The van der Waals surface area contributed by atoms with E-state index in [9.17, 15) is 14.4 Å². The number of aryl methyl sites for hydroxylation is 2. The van der Waals surface area contributed by atoms with Gasteiger partial charge in [-0.05, 0) is 86.0 Å². The van der Waals surface area contributed by atoms with Crippen molar-refractivity contribution in [1.29, 1.82) is 0 Å². The van der Waals surface area contributed by atoms with Crippen LogP contribution in [0.15, 0.2) is 108 Å². The molecule has 4 aromatic rings. The van der Waals surface area contributed by atoms with Crippen LogP contribution in [0.5, 0.6) is 0 Å². The molecule has 0 bridgehead atoms. The van der Waals surface area contributed by atoms with E-state index >= 15 is 0 Å². The standard InChI is InChI=1S/C33H31N3O3S/c1-22-12-14-25(15-13-22)20-30(36-32(38)26-9-5-4-6-10-26)33(39)34-27-16-18-28(19-17-27)40-21-31(37)35-29-11-7-8-23(2)24(29)3/h4-20H,21H2,1-3H3,(H,34,39)(H,35,37)(H,36,38)/b30-20-. The van der Waals surface area contributed by atoms with E-state index in [1.165, 1.54) is 11.8 Å². The first kappa shape index (κ1) is 28.4. The maximum atomic E-state index is 13.2. The molecule has 3 N–H and O–H groups in total. The average Bonchev–Trinajstić information content (AvgIpc) is 2.96. The van der Waals surface area contributed by atoms with Crippen molar-refractivity contribution in [2.75, 3.05) is 16.4 Å². The van der Waals surface area contributed by atoms with E-state index in [4.69, 9.17) is 0 Å². The summed E-state index contributed by atoms with van der Waals surface area (Å²) in [6.07, 6.45) is 1.65. The first-order chi connectivity index (χ1) is 19.3. The minimum Gasteiger partial charge on any atom is -0.325 e. The second kappa shape index (κ2) is 13.4. The Bertz CT molecular complexity index is 1530. The Morgan fingerprint density at radius 2 is 1.45 bits per heavy atom. The molecule has 0 aliphatic heterocycles. The monoisotopic (exact) mass is 549 g/mol. The van der Waals surface area contributed by atoms with E-state index < -0.39 is 5.91 Å². The van der Waals surface area contributed by atoms with Crippen molar-refractivity contribution < 1.29 is 14.4 Å². The SMILES string of the molecule is Cc1ccc(/C=C(\NC(=O)c2ccccc2)C(=O)Nc2ccc(SCC(=O)Nc3cccc(C)c3C)cc2)cc1. The highest BCUT2D eigenvalue weighted by molar-refractivity contribution is 8.00. The largest absolute Gasteiger partial charge is 0.325 e. The second-order valence-corrected chi connectivity index (χ2v) is 10.4. The molecule has 0 aliphatic carbocycles. The number of carbonyl (C=O) groups is 3. The van der Waals surface area contributed by atoms with Gasteiger partial charge < -0.3 is 16.0 Å². The third kappa shape index (κ3) is 7.94. The minimum atomic E-state index is -0.446. The Kier molecular flexibility index (Phi) is 9.54. The Labute approximate surface area is 238 Å². The van der Waals surface area contributed by atoms with Gasteiger partial charge in [0.05, 0.1) is 5.75 Å². The van der Waals surface area contributed by atoms with Gasteiger partial charge in [0.2, 0.25) is 5.91 Å². The molecule has 0 spiro atoms. The molecule has 0 aromatic heterocycles. The normalized spacial score (nSPS) is 11.0. The van der Waals surface area contributed by atoms with Crippen molar-refractivity contribution in [2.45, 2.75) is 25.7 Å². The van der Waals surface area contributed by atoms with Crippen molar-refractivity contribution in [1.82, 2.24) is 5.32 Å². The van der Waals surface area contributed by atoms with Gasteiger partial charge in [0.1, 0.15) is 5.70 Å². The van der Waals surface area contributed by atoms with Gasteiger partial charge in [0, 0.05) is 21.8 Å². The van der Waals surface area contributed by atoms with E-state index in [1.54, 1.807) is 42.5 Å². The number of carbonyl (C=O) groups excluding carboxylic acids is 3. The highest BCUT2D eigenvalue weighted by atomic mass is 32.2. The molecule has 0 radical (unpaired) electrons. The fourth-order valence-corrected chi connectivity index (χ4v) is 4.52. The summed E-state index contributed by atoms with van der Waals surface area (Å²) in [6.45, 7) is 5.98. The summed E-state index contributed by atoms with van der Waals surface area (Å²) in [5.74, 6) is -0.650. The lowest BCUT2D eigenvalue weighted by atomic mass is 10.1. The van der Waals surface area contributed by atoms with Crippen LogP contribution in [0.3, 0.4) is 0 Å². The maximum Gasteiger partial charge on any atom is 0.272 e. The molecule has 40 heavy (non-hydrogen) atoms. The number of hydrogen-bond acceptors (Lipinski definition) is 4. The fraction of sp³-hybridized carbons (Fsp3) is 0.121. The van der Waals surface area contributed by atoms with Crippen molar-refractivity contribution in [3.05, 3.63) is 131 Å². The van der Waals surface area contributed by atoms with Crippen molar-refractivity contribution in [3.63, 3.8) is 0 Å². The predicted octanol–water partition coefficient (Wildman–Crippen LogP) is 6.75. The van der Waals surface area contributed by atoms with Crippen LogP contribution < -0.4 is 16.0 Å².